The highest BCUT2D eigenvalue weighted by molar-refractivity contribution is 14.1. The Labute approximate surface area is 120 Å². The van der Waals surface area contributed by atoms with Gasteiger partial charge in [-0.05, 0) is 54.5 Å². The van der Waals surface area contributed by atoms with E-state index in [2.05, 4.69) is 58.5 Å². The maximum absolute atomic E-state index is 6.12. The second-order valence-electron chi connectivity index (χ2n) is 4.00. The molecule has 0 aliphatic rings. The third-order valence-corrected chi connectivity index (χ3v) is 4.57. The minimum Gasteiger partial charge on any atom is -0.232 e. The summed E-state index contributed by atoms with van der Waals surface area (Å²) in [7, 11) is 0. The summed E-state index contributed by atoms with van der Waals surface area (Å²) in [4.78, 5) is 8.89. The van der Waals surface area contributed by atoms with Crippen LogP contribution in [0.1, 0.15) is 16.8 Å². The Kier molecular flexibility index (Phi) is 3.68. The molecule has 0 saturated heterocycles. The van der Waals surface area contributed by atoms with E-state index in [-0.39, 0.29) is 0 Å². The highest BCUT2D eigenvalue weighted by Crippen LogP contribution is 2.27. The lowest BCUT2D eigenvalue weighted by atomic mass is 10.0. The molecule has 0 fully saturated rings. The predicted octanol–water partition coefficient (Wildman–Crippen LogP) is 4.33. The number of aryl methyl sites for hydroxylation is 3. The van der Waals surface area contributed by atoms with Gasteiger partial charge in [-0.1, -0.05) is 29.8 Å². The zero-order valence-electron chi connectivity index (χ0n) is 9.88. The molecule has 2 rings (SSSR count). The number of halogens is 2. The summed E-state index contributed by atoms with van der Waals surface area (Å²) in [6.45, 7) is 6.08. The molecule has 1 heterocycles. The van der Waals surface area contributed by atoms with Crippen LogP contribution in [0.2, 0.25) is 5.15 Å². The summed E-state index contributed by atoms with van der Waals surface area (Å²) in [5.74, 6) is 0.712. The highest BCUT2D eigenvalue weighted by Gasteiger charge is 2.12. The van der Waals surface area contributed by atoms with Crippen molar-refractivity contribution in [2.45, 2.75) is 20.8 Å². The molecule has 2 aromatic rings. The van der Waals surface area contributed by atoms with Gasteiger partial charge in [-0.3, -0.25) is 0 Å². The first-order valence-corrected chi connectivity index (χ1v) is 6.72. The van der Waals surface area contributed by atoms with Gasteiger partial charge in [0.05, 0.1) is 9.26 Å². The molecule has 0 aliphatic carbocycles. The monoisotopic (exact) mass is 358 g/mol. The average Bonchev–Trinajstić information content (AvgIpc) is 2.25. The van der Waals surface area contributed by atoms with Crippen molar-refractivity contribution < 1.29 is 0 Å². The van der Waals surface area contributed by atoms with Crippen LogP contribution in [-0.4, -0.2) is 9.97 Å². The zero-order valence-corrected chi connectivity index (χ0v) is 12.8. The van der Waals surface area contributed by atoms with Crippen molar-refractivity contribution in [1.29, 1.82) is 0 Å². The molecule has 0 saturated carbocycles. The third-order valence-electron chi connectivity index (χ3n) is 2.68. The number of aromatic nitrogens is 2. The molecular formula is C13H12ClIN2. The van der Waals surface area contributed by atoms with Crippen molar-refractivity contribution in [2.75, 3.05) is 0 Å². The quantitative estimate of drug-likeness (QED) is 0.560. The van der Waals surface area contributed by atoms with Crippen LogP contribution in [0.3, 0.4) is 0 Å². The lowest BCUT2D eigenvalue weighted by Crippen LogP contribution is -1.99. The van der Waals surface area contributed by atoms with Crippen molar-refractivity contribution in [1.82, 2.24) is 9.97 Å². The highest BCUT2D eigenvalue weighted by atomic mass is 127. The van der Waals surface area contributed by atoms with Crippen LogP contribution in [-0.2, 0) is 0 Å². The molecule has 0 unspecified atom stereocenters. The molecule has 0 amide bonds. The second kappa shape index (κ2) is 4.90. The van der Waals surface area contributed by atoms with Gasteiger partial charge in [0, 0.05) is 5.56 Å². The number of hydrogen-bond acceptors (Lipinski definition) is 2. The third kappa shape index (κ3) is 2.45. The molecule has 0 bridgehead atoms. The first-order valence-electron chi connectivity index (χ1n) is 5.27. The molecule has 2 nitrogen and oxygen atoms in total. The van der Waals surface area contributed by atoms with Gasteiger partial charge in [-0.15, -0.1) is 0 Å². The van der Waals surface area contributed by atoms with Crippen molar-refractivity contribution in [3.8, 4) is 11.4 Å². The molecule has 1 aromatic carbocycles. The topological polar surface area (TPSA) is 25.8 Å². The first-order chi connectivity index (χ1) is 8.00. The fourth-order valence-corrected chi connectivity index (χ4v) is 2.26. The molecule has 0 spiro atoms. The molecule has 4 heteroatoms. The van der Waals surface area contributed by atoms with Crippen LogP contribution in [0.25, 0.3) is 11.4 Å². The van der Waals surface area contributed by atoms with Gasteiger partial charge in [-0.25, -0.2) is 9.97 Å². The van der Waals surface area contributed by atoms with E-state index in [4.69, 9.17) is 11.6 Å². The first kappa shape index (κ1) is 12.8. The Balaban J connectivity index is 2.69. The SMILES string of the molecule is Cc1cccc(C)c1-c1nc(C)c(I)c(Cl)n1. The molecular weight excluding hydrogens is 347 g/mol. The van der Waals surface area contributed by atoms with Crippen LogP contribution in [0, 0.1) is 24.3 Å². The van der Waals surface area contributed by atoms with Crippen molar-refractivity contribution >= 4 is 34.2 Å². The molecule has 1 aromatic heterocycles. The molecule has 17 heavy (non-hydrogen) atoms. The lowest BCUT2D eigenvalue weighted by molar-refractivity contribution is 1.08. The van der Waals surface area contributed by atoms with E-state index in [1.165, 1.54) is 11.1 Å². The molecule has 0 radical (unpaired) electrons. The van der Waals surface area contributed by atoms with Crippen molar-refractivity contribution in [2.24, 2.45) is 0 Å². The lowest BCUT2D eigenvalue weighted by Gasteiger charge is -2.10. The summed E-state index contributed by atoms with van der Waals surface area (Å²) in [5.41, 5.74) is 4.33. The summed E-state index contributed by atoms with van der Waals surface area (Å²) in [5, 5.41) is 0.524. The van der Waals surface area contributed by atoms with Gasteiger partial charge in [0.25, 0.3) is 0 Å². The van der Waals surface area contributed by atoms with Crippen LogP contribution >= 0.6 is 34.2 Å². The average molecular weight is 359 g/mol. The largest absolute Gasteiger partial charge is 0.232 e. The van der Waals surface area contributed by atoms with E-state index in [0.717, 1.165) is 14.8 Å². The minimum atomic E-state index is 0.524. The van der Waals surface area contributed by atoms with E-state index in [0.29, 0.717) is 11.0 Å². The Morgan fingerprint density at radius 1 is 1.06 bits per heavy atom. The smallest absolute Gasteiger partial charge is 0.161 e. The Hall–Kier alpha value is -0.680. The van der Waals surface area contributed by atoms with Crippen molar-refractivity contribution in [3.05, 3.63) is 43.7 Å². The molecule has 88 valence electrons. The minimum absolute atomic E-state index is 0.524. The summed E-state index contributed by atoms with van der Waals surface area (Å²) in [6, 6.07) is 6.16. The van der Waals surface area contributed by atoms with Crippen LogP contribution in [0.15, 0.2) is 18.2 Å². The van der Waals surface area contributed by atoms with Gasteiger partial charge >= 0.3 is 0 Å². The fourth-order valence-electron chi connectivity index (χ4n) is 1.80. The second-order valence-corrected chi connectivity index (χ2v) is 5.44. The van der Waals surface area contributed by atoms with Gasteiger partial charge in [-0.2, -0.15) is 0 Å². The molecule has 0 aliphatic heterocycles. The predicted molar refractivity (Wildman–Crippen MR) is 79.4 cm³/mol. The summed E-state index contributed by atoms with van der Waals surface area (Å²) >= 11 is 8.28. The maximum Gasteiger partial charge on any atom is 0.161 e. The number of hydrogen-bond donors (Lipinski definition) is 0. The zero-order chi connectivity index (χ0) is 12.6. The number of nitrogens with zero attached hydrogens (tertiary/aromatic N) is 2. The number of rotatable bonds is 1. The normalized spacial score (nSPS) is 10.6. The number of benzene rings is 1. The van der Waals surface area contributed by atoms with E-state index in [1.54, 1.807) is 0 Å². The van der Waals surface area contributed by atoms with Crippen molar-refractivity contribution in [3.63, 3.8) is 0 Å². The summed E-state index contributed by atoms with van der Waals surface area (Å²) < 4.78 is 0.916. The van der Waals surface area contributed by atoms with E-state index in [9.17, 15) is 0 Å². The molecule has 0 N–H and O–H groups in total. The Morgan fingerprint density at radius 2 is 1.65 bits per heavy atom. The van der Waals surface area contributed by atoms with E-state index >= 15 is 0 Å². The molecule has 0 atom stereocenters. The van der Waals surface area contributed by atoms with Crippen LogP contribution in [0.4, 0.5) is 0 Å². The van der Waals surface area contributed by atoms with Gasteiger partial charge in [0.1, 0.15) is 5.15 Å². The van der Waals surface area contributed by atoms with Crippen LogP contribution < -0.4 is 0 Å². The van der Waals surface area contributed by atoms with Gasteiger partial charge < -0.3 is 0 Å². The Bertz CT molecular complexity index is 538. The standard InChI is InChI=1S/C13H12ClIN2/c1-7-5-4-6-8(2)10(7)13-16-9(3)11(15)12(14)17-13/h4-6H,1-3H3. The van der Waals surface area contributed by atoms with Gasteiger partial charge in [0.2, 0.25) is 0 Å². The van der Waals surface area contributed by atoms with Crippen LogP contribution in [0.5, 0.6) is 0 Å². The van der Waals surface area contributed by atoms with Gasteiger partial charge in [0.15, 0.2) is 5.82 Å². The summed E-state index contributed by atoms with van der Waals surface area (Å²) in [6.07, 6.45) is 0. The maximum atomic E-state index is 6.12. The fraction of sp³-hybridized carbons (Fsp3) is 0.231. The Morgan fingerprint density at radius 3 is 2.18 bits per heavy atom. The van der Waals surface area contributed by atoms with E-state index < -0.39 is 0 Å². The van der Waals surface area contributed by atoms with E-state index in [1.807, 2.05) is 13.0 Å².